The quantitative estimate of drug-likeness (QED) is 0.682. The average Bonchev–Trinajstić information content (AvgIpc) is 2.65. The zero-order chi connectivity index (χ0) is 8.77. The van der Waals surface area contributed by atoms with Crippen LogP contribution in [0.3, 0.4) is 0 Å². The molecule has 0 aromatic carbocycles. The Labute approximate surface area is 74.6 Å². The van der Waals surface area contributed by atoms with Crippen LogP contribution in [0, 0.1) is 0 Å². The Balaban J connectivity index is 2.49. The molecule has 0 N–H and O–H groups in total. The van der Waals surface area contributed by atoms with Crippen LogP contribution in [0.15, 0.2) is 17.3 Å². The molecule has 0 atom stereocenters. The van der Waals surface area contributed by atoms with Crippen molar-refractivity contribution in [2.24, 2.45) is 0 Å². The summed E-state index contributed by atoms with van der Waals surface area (Å²) in [5.41, 5.74) is 0. The van der Waals surface area contributed by atoms with Crippen molar-refractivity contribution in [3.05, 3.63) is 12.3 Å². The van der Waals surface area contributed by atoms with Crippen LogP contribution in [0.4, 0.5) is 0 Å². The maximum absolute atomic E-state index is 11.0. The fourth-order valence-electron chi connectivity index (χ4n) is 1.09. The Morgan fingerprint density at radius 3 is 2.75 bits per heavy atom. The second-order valence-electron chi connectivity index (χ2n) is 2.78. The third kappa shape index (κ3) is 1.34. The van der Waals surface area contributed by atoms with E-state index in [1.807, 2.05) is 0 Å². The van der Waals surface area contributed by atoms with E-state index >= 15 is 0 Å². The molecule has 66 valence electrons. The first-order chi connectivity index (χ1) is 5.59. The maximum atomic E-state index is 11.0. The summed E-state index contributed by atoms with van der Waals surface area (Å²) in [5.74, 6) is 0. The monoisotopic (exact) mass is 206 g/mol. The second kappa shape index (κ2) is 2.47. The molecule has 6 heteroatoms. The minimum absolute atomic E-state index is 0.103. The molecule has 1 fully saturated rings. The van der Waals surface area contributed by atoms with Gasteiger partial charge in [0.1, 0.15) is 0 Å². The van der Waals surface area contributed by atoms with Crippen LogP contribution in [-0.2, 0) is 9.05 Å². The Kier molecular flexibility index (Phi) is 1.66. The van der Waals surface area contributed by atoms with E-state index < -0.39 is 9.05 Å². The Morgan fingerprint density at radius 1 is 1.58 bits per heavy atom. The minimum Gasteiger partial charge on any atom is -0.250 e. The molecule has 4 nitrogen and oxygen atoms in total. The normalized spacial score (nSPS) is 18.1. The molecule has 1 heterocycles. The molecule has 0 spiro atoms. The van der Waals surface area contributed by atoms with Gasteiger partial charge in [0, 0.05) is 10.7 Å². The lowest BCUT2D eigenvalue weighted by Crippen LogP contribution is -2.04. The lowest BCUT2D eigenvalue weighted by atomic mass is 10.7. The van der Waals surface area contributed by atoms with Gasteiger partial charge in [-0.1, -0.05) is 0 Å². The highest BCUT2D eigenvalue weighted by atomic mass is 35.7. The van der Waals surface area contributed by atoms with Crippen molar-refractivity contribution in [3.8, 4) is 0 Å². The van der Waals surface area contributed by atoms with Crippen molar-refractivity contribution < 1.29 is 8.42 Å². The minimum atomic E-state index is -3.62. The highest BCUT2D eigenvalue weighted by molar-refractivity contribution is 8.13. The predicted octanol–water partition coefficient (Wildman–Crippen LogP) is 1.15. The van der Waals surface area contributed by atoms with Crippen LogP contribution in [-0.4, -0.2) is 18.2 Å². The molecule has 2 rings (SSSR count). The van der Waals surface area contributed by atoms with E-state index in [-0.39, 0.29) is 11.1 Å². The summed E-state index contributed by atoms with van der Waals surface area (Å²) in [6.07, 6.45) is 3.43. The number of nitrogens with zero attached hydrogens (tertiary/aromatic N) is 2. The number of rotatable bonds is 2. The van der Waals surface area contributed by atoms with Gasteiger partial charge in [0.15, 0.2) is 5.03 Å². The fraction of sp³-hybridized carbons (Fsp3) is 0.500. The average molecular weight is 207 g/mol. The van der Waals surface area contributed by atoms with Gasteiger partial charge in [-0.3, -0.25) is 0 Å². The Hall–Kier alpha value is -0.550. The van der Waals surface area contributed by atoms with E-state index in [9.17, 15) is 8.42 Å². The van der Waals surface area contributed by atoms with Crippen molar-refractivity contribution in [1.29, 1.82) is 0 Å². The summed E-state index contributed by atoms with van der Waals surface area (Å²) in [7, 11) is 1.57. The van der Waals surface area contributed by atoms with Gasteiger partial charge in [-0.05, 0) is 18.9 Å². The smallest absolute Gasteiger partial charge is 0.250 e. The number of hydrogen-bond donors (Lipinski definition) is 0. The molecule has 0 amide bonds. The van der Waals surface area contributed by atoms with E-state index in [1.165, 1.54) is 16.9 Å². The highest BCUT2D eigenvalue weighted by Gasteiger charge is 2.29. The molecular weight excluding hydrogens is 200 g/mol. The van der Waals surface area contributed by atoms with Crippen LogP contribution < -0.4 is 0 Å². The first-order valence-electron chi connectivity index (χ1n) is 3.57. The van der Waals surface area contributed by atoms with E-state index in [4.69, 9.17) is 10.7 Å². The number of hydrogen-bond acceptors (Lipinski definition) is 3. The van der Waals surface area contributed by atoms with Crippen LogP contribution in [0.2, 0.25) is 0 Å². The zero-order valence-corrected chi connectivity index (χ0v) is 7.72. The van der Waals surface area contributed by atoms with Gasteiger partial charge in [0.25, 0.3) is 9.05 Å². The third-order valence-corrected chi connectivity index (χ3v) is 3.07. The lowest BCUT2D eigenvalue weighted by Gasteiger charge is -2.00. The summed E-state index contributed by atoms with van der Waals surface area (Å²) >= 11 is 0. The first-order valence-corrected chi connectivity index (χ1v) is 5.88. The van der Waals surface area contributed by atoms with Crippen molar-refractivity contribution in [1.82, 2.24) is 9.78 Å². The summed E-state index contributed by atoms with van der Waals surface area (Å²) in [4.78, 5) is 0. The van der Waals surface area contributed by atoms with Gasteiger partial charge in [0.2, 0.25) is 0 Å². The standard InChI is InChI=1S/C6H7ClN2O2S/c7-12(10,11)6-3-4-8-9(6)5-1-2-5/h3-5H,1-2H2. The Morgan fingerprint density at radius 2 is 2.25 bits per heavy atom. The maximum Gasteiger partial charge on any atom is 0.278 e. The van der Waals surface area contributed by atoms with Crippen LogP contribution >= 0.6 is 10.7 Å². The lowest BCUT2D eigenvalue weighted by molar-refractivity contribution is 0.555. The molecule has 0 unspecified atom stereocenters. The zero-order valence-electron chi connectivity index (χ0n) is 6.14. The van der Waals surface area contributed by atoms with Crippen molar-refractivity contribution in [2.75, 3.05) is 0 Å². The van der Waals surface area contributed by atoms with Crippen LogP contribution in [0.25, 0.3) is 0 Å². The largest absolute Gasteiger partial charge is 0.278 e. The molecule has 0 bridgehead atoms. The number of halogens is 1. The SMILES string of the molecule is O=S(=O)(Cl)c1ccnn1C1CC1. The number of aromatic nitrogens is 2. The van der Waals surface area contributed by atoms with Gasteiger partial charge in [-0.15, -0.1) is 0 Å². The van der Waals surface area contributed by atoms with Gasteiger partial charge >= 0.3 is 0 Å². The molecule has 1 saturated carbocycles. The Bertz CT molecular complexity index is 393. The van der Waals surface area contributed by atoms with Crippen molar-refractivity contribution in [2.45, 2.75) is 23.9 Å². The predicted molar refractivity (Wildman–Crippen MR) is 43.5 cm³/mol. The molecule has 1 aromatic heterocycles. The van der Waals surface area contributed by atoms with Crippen LogP contribution in [0.1, 0.15) is 18.9 Å². The molecule has 1 aliphatic rings. The summed E-state index contributed by atoms with van der Waals surface area (Å²) < 4.78 is 23.4. The molecule has 1 aliphatic carbocycles. The molecule has 0 radical (unpaired) electrons. The molecule has 1 aromatic rings. The topological polar surface area (TPSA) is 52.0 Å². The fourth-order valence-corrected chi connectivity index (χ4v) is 2.10. The van der Waals surface area contributed by atoms with Crippen molar-refractivity contribution in [3.63, 3.8) is 0 Å². The van der Waals surface area contributed by atoms with E-state index in [0.717, 1.165) is 12.8 Å². The first kappa shape index (κ1) is 8.07. The second-order valence-corrected chi connectivity index (χ2v) is 5.30. The van der Waals surface area contributed by atoms with Gasteiger partial charge in [-0.25, -0.2) is 13.1 Å². The molecule has 0 saturated heterocycles. The van der Waals surface area contributed by atoms with Crippen LogP contribution in [0.5, 0.6) is 0 Å². The molecule has 12 heavy (non-hydrogen) atoms. The third-order valence-electron chi connectivity index (χ3n) is 1.78. The van der Waals surface area contributed by atoms with Crippen molar-refractivity contribution >= 4 is 19.7 Å². The van der Waals surface area contributed by atoms with E-state index in [1.54, 1.807) is 0 Å². The summed E-state index contributed by atoms with van der Waals surface area (Å²) in [5, 5.41) is 4.00. The van der Waals surface area contributed by atoms with Gasteiger partial charge < -0.3 is 0 Å². The van der Waals surface area contributed by atoms with E-state index in [2.05, 4.69) is 5.10 Å². The summed E-state index contributed by atoms with van der Waals surface area (Å²) in [6.45, 7) is 0. The highest BCUT2D eigenvalue weighted by Crippen LogP contribution is 2.36. The van der Waals surface area contributed by atoms with Gasteiger partial charge in [-0.2, -0.15) is 5.10 Å². The molecular formula is C6H7ClN2O2S. The molecule has 0 aliphatic heterocycles. The van der Waals surface area contributed by atoms with E-state index in [0.29, 0.717) is 0 Å². The van der Waals surface area contributed by atoms with Gasteiger partial charge in [0.05, 0.1) is 12.2 Å². The summed E-state index contributed by atoms with van der Waals surface area (Å²) in [6, 6.07) is 1.66.